The summed E-state index contributed by atoms with van der Waals surface area (Å²) in [4.78, 5) is 168. The van der Waals surface area contributed by atoms with E-state index in [9.17, 15) is 56.3 Å². The average molecular weight is 1270 g/mol. The van der Waals surface area contributed by atoms with E-state index in [1.54, 1.807) is 6.92 Å². The third-order valence-corrected chi connectivity index (χ3v) is 20.6. The number of likely N-dealkylation sites (N-methyl/N-ethyl adjacent to an activating group) is 7. The number of nitrogens with zero attached hydrogens (tertiary/aromatic N) is 8. The quantitative estimate of drug-likeness (QED) is 0.289. The summed E-state index contributed by atoms with van der Waals surface area (Å²) in [6, 6.07) is -5.54. The van der Waals surface area contributed by atoms with Gasteiger partial charge in [-0.1, -0.05) is 78.1 Å². The Morgan fingerprint density at radius 2 is 1.17 bits per heavy atom. The number of hydrogen-bond acceptors (Lipinski definition) is 11. The number of alkyl halides is 4. The van der Waals surface area contributed by atoms with Crippen molar-refractivity contribution in [2.45, 2.75) is 209 Å². The minimum absolute atomic E-state index is 0.0189. The van der Waals surface area contributed by atoms with E-state index in [2.05, 4.69) is 16.0 Å². The van der Waals surface area contributed by atoms with Crippen molar-refractivity contribution >= 4 is 76.6 Å². The molecule has 22 nitrogen and oxygen atoms in total. The van der Waals surface area contributed by atoms with Crippen LogP contribution in [0, 0.1) is 29.6 Å². The molecule has 3 N–H and O–H groups in total. The molecular weight excluding hydrogens is 1170 g/mol. The van der Waals surface area contributed by atoms with Crippen LogP contribution in [-0.4, -0.2) is 240 Å². The first-order chi connectivity index (χ1) is 41.5. The Morgan fingerprint density at radius 3 is 1.78 bits per heavy atom. The van der Waals surface area contributed by atoms with Crippen LogP contribution in [0.15, 0.2) is 0 Å². The Hall–Kier alpha value is -5.75. The fourth-order valence-corrected chi connectivity index (χ4v) is 14.7. The van der Waals surface area contributed by atoms with Crippen LogP contribution in [0.5, 0.6) is 0 Å². The normalized spacial score (nSPS) is 29.7. The van der Waals surface area contributed by atoms with Crippen LogP contribution in [0.3, 0.4) is 0 Å². The zero-order valence-electron chi connectivity index (χ0n) is 53.4. The topological polar surface area (TPSA) is 250 Å². The summed E-state index contributed by atoms with van der Waals surface area (Å²) >= 11 is 6.36. The standard InChI is InChI=1S/C62H99ClF3N11O11/c1-10-39(2)53-58(86)73(6)37-51(81)71(4)38-52(82)75(8)47(34-40-19-12-11-13-20-40)57(85)72(5)35-49(79)67-45(27-25-41-24-26-43(44(63)33-41)62(64,65)66)56(84)77-31-18-23-46(77)55(83)69-61(29-16-17-30-61)60(88)76(9)54(42-21-14-15-22-42)59(87)74(7)36-50(80)70(3)32-28-48(78)68-53/h39-47,53-54H,10-38H2,1-9H3,(H,67,79)(H,68,78)(H,69,83)/t39-,41?,43?,44?,45-,46-,47-,53-,54-/m0/s1. The Labute approximate surface area is 522 Å². The maximum atomic E-state index is 15.2. The third-order valence-electron chi connectivity index (χ3n) is 20.1. The molecule has 0 bridgehead atoms. The predicted molar refractivity (Wildman–Crippen MR) is 322 cm³/mol. The van der Waals surface area contributed by atoms with E-state index in [-0.39, 0.29) is 108 Å². The minimum atomic E-state index is -4.49. The van der Waals surface area contributed by atoms with E-state index >= 15 is 9.59 Å². The number of nitrogens with one attached hydrogen (secondary N) is 3. The lowest BCUT2D eigenvalue weighted by Gasteiger charge is -2.40. The lowest BCUT2D eigenvalue weighted by molar-refractivity contribution is -0.182. The van der Waals surface area contributed by atoms with Gasteiger partial charge in [-0.3, -0.25) is 52.7 Å². The Bertz CT molecular complexity index is 2510. The van der Waals surface area contributed by atoms with Gasteiger partial charge in [-0.25, -0.2) is 0 Å². The average Bonchev–Trinajstić information content (AvgIpc) is 2.12. The number of halogens is 4. The van der Waals surface area contributed by atoms with Crippen molar-refractivity contribution in [3.8, 4) is 0 Å². The molecule has 1 spiro atoms. The molecule has 88 heavy (non-hydrogen) atoms. The molecule has 2 aliphatic heterocycles. The number of rotatable bonds is 8. The van der Waals surface area contributed by atoms with E-state index in [4.69, 9.17) is 11.6 Å². The second kappa shape index (κ2) is 31.8. The molecule has 9 atom stereocenters. The summed E-state index contributed by atoms with van der Waals surface area (Å²) in [5, 5.41) is 7.47. The fraction of sp³-hybridized carbons (Fsp3) is 0.823. The van der Waals surface area contributed by atoms with Crippen molar-refractivity contribution in [1.82, 2.24) is 55.1 Å². The van der Waals surface area contributed by atoms with Gasteiger partial charge in [0.1, 0.15) is 35.7 Å². The first-order valence-corrected chi connectivity index (χ1v) is 32.6. The number of carbonyl (C=O) groups is 11. The van der Waals surface area contributed by atoms with Crippen molar-refractivity contribution < 1.29 is 65.9 Å². The van der Waals surface area contributed by atoms with Gasteiger partial charge in [0.25, 0.3) is 0 Å². The minimum Gasteiger partial charge on any atom is -0.344 e. The lowest BCUT2D eigenvalue weighted by Crippen LogP contribution is -2.64. The highest BCUT2D eigenvalue weighted by Crippen LogP contribution is 2.44. The van der Waals surface area contributed by atoms with Crippen molar-refractivity contribution in [1.29, 1.82) is 0 Å². The Morgan fingerprint density at radius 1 is 0.580 bits per heavy atom. The van der Waals surface area contributed by atoms with Crippen LogP contribution in [0.4, 0.5) is 13.2 Å². The van der Waals surface area contributed by atoms with E-state index in [0.29, 0.717) is 38.5 Å². The zero-order chi connectivity index (χ0) is 64.9. The molecule has 0 aromatic heterocycles. The highest BCUT2D eigenvalue weighted by molar-refractivity contribution is 6.20. The van der Waals surface area contributed by atoms with Gasteiger partial charge in [0.05, 0.1) is 32.1 Å². The fourth-order valence-electron chi connectivity index (χ4n) is 14.2. The van der Waals surface area contributed by atoms with Gasteiger partial charge < -0.3 is 55.1 Å². The molecule has 4 saturated carbocycles. The summed E-state index contributed by atoms with van der Waals surface area (Å²) in [5.41, 5.74) is -1.46. The molecule has 3 unspecified atom stereocenters. The highest BCUT2D eigenvalue weighted by atomic mass is 35.5. The summed E-state index contributed by atoms with van der Waals surface area (Å²) in [6.45, 7) is 1.75. The third kappa shape index (κ3) is 18.2. The first kappa shape index (κ1) is 71.3. The van der Waals surface area contributed by atoms with Crippen LogP contribution in [0.2, 0.25) is 0 Å². The van der Waals surface area contributed by atoms with E-state index < -0.39 is 138 Å². The highest BCUT2D eigenvalue weighted by Gasteiger charge is 2.51. The largest absolute Gasteiger partial charge is 0.393 e. The second-order valence-electron chi connectivity index (χ2n) is 26.5. The molecule has 11 amide bonds. The number of fused-ring (bicyclic) bond motifs is 1. The van der Waals surface area contributed by atoms with Gasteiger partial charge in [-0.2, -0.15) is 13.2 Å². The summed E-state index contributed by atoms with van der Waals surface area (Å²) < 4.78 is 41.7. The molecule has 0 aromatic carbocycles. The van der Waals surface area contributed by atoms with Gasteiger partial charge in [-0.05, 0) is 101 Å². The monoisotopic (exact) mass is 1270 g/mol. The van der Waals surface area contributed by atoms with Gasteiger partial charge in [0.15, 0.2) is 0 Å². The number of amides is 11. The van der Waals surface area contributed by atoms with E-state index in [1.807, 2.05) is 6.92 Å². The Kier molecular flexibility index (Phi) is 25.8. The molecule has 2 heterocycles. The summed E-state index contributed by atoms with van der Waals surface area (Å²) in [5.74, 6) is -8.94. The van der Waals surface area contributed by atoms with E-state index in [1.165, 1.54) is 83.6 Å². The predicted octanol–water partition coefficient (Wildman–Crippen LogP) is 4.30. The van der Waals surface area contributed by atoms with Crippen molar-refractivity contribution in [3.05, 3.63) is 0 Å². The van der Waals surface area contributed by atoms with Crippen molar-refractivity contribution in [3.63, 3.8) is 0 Å². The molecule has 0 radical (unpaired) electrons. The summed E-state index contributed by atoms with van der Waals surface area (Å²) in [7, 11) is 10.2. The van der Waals surface area contributed by atoms with Gasteiger partial charge >= 0.3 is 6.18 Å². The lowest BCUT2D eigenvalue weighted by atomic mass is 9.78. The number of carbonyl (C=O) groups excluding carboxylic acids is 11. The number of hydrogen-bond donors (Lipinski definition) is 3. The zero-order valence-corrected chi connectivity index (χ0v) is 54.2. The van der Waals surface area contributed by atoms with Gasteiger partial charge in [-0.15, -0.1) is 11.6 Å². The van der Waals surface area contributed by atoms with Crippen molar-refractivity contribution in [2.24, 2.45) is 29.6 Å². The first-order valence-electron chi connectivity index (χ1n) is 32.2. The van der Waals surface area contributed by atoms with Gasteiger partial charge in [0, 0.05) is 74.2 Å². The van der Waals surface area contributed by atoms with Crippen LogP contribution in [0.1, 0.15) is 162 Å². The molecular formula is C62H99ClF3N11O11. The SMILES string of the molecule is CC[C@H](C)[C@@H]1NC(=O)CCN(C)C(=O)CN(C)C(=O)[C@H](C2CCCC2)N(C)C(=O)C2(CCCC2)NC(=O)[C@@H]2CCCN2C(=O)[C@H](CCC2CCC(C(F)(F)F)C(Cl)C2)NC(=O)CN(C)C(=O)[C@H](CC2CCCCC2)N(C)C(=O)CN(C)C(=O)CN(C)C1=O. The van der Waals surface area contributed by atoms with Crippen molar-refractivity contribution in [2.75, 3.05) is 88.6 Å². The van der Waals surface area contributed by atoms with Gasteiger partial charge in [0.2, 0.25) is 65.0 Å². The molecule has 6 aliphatic rings. The van der Waals surface area contributed by atoms with E-state index in [0.717, 1.165) is 49.8 Å². The van der Waals surface area contributed by atoms with Crippen LogP contribution in [-0.2, 0) is 52.7 Å². The molecule has 6 fully saturated rings. The van der Waals surface area contributed by atoms with Crippen LogP contribution < -0.4 is 16.0 Å². The molecule has 4 aliphatic carbocycles. The molecule has 6 rings (SSSR count). The maximum Gasteiger partial charge on any atom is 0.393 e. The molecule has 2 saturated heterocycles. The summed E-state index contributed by atoms with van der Waals surface area (Å²) in [6.07, 6.45) is 5.80. The molecule has 26 heteroatoms. The van der Waals surface area contributed by atoms with Crippen LogP contribution >= 0.6 is 11.6 Å². The smallest absolute Gasteiger partial charge is 0.344 e. The Balaban J connectivity index is 1.32. The maximum absolute atomic E-state index is 15.2. The van der Waals surface area contributed by atoms with Crippen LogP contribution in [0.25, 0.3) is 0 Å². The second-order valence-corrected chi connectivity index (χ2v) is 27.1. The molecule has 496 valence electrons. The molecule has 0 aromatic rings.